The van der Waals surface area contributed by atoms with E-state index >= 15 is 0 Å². The van der Waals surface area contributed by atoms with Gasteiger partial charge in [0.05, 0.1) is 6.04 Å². The van der Waals surface area contributed by atoms with Crippen molar-refractivity contribution in [3.05, 3.63) is 22.4 Å². The fourth-order valence-electron chi connectivity index (χ4n) is 2.35. The fourth-order valence-corrected chi connectivity index (χ4v) is 3.52. The third-order valence-electron chi connectivity index (χ3n) is 3.07. The number of thiophene rings is 1. The topological polar surface area (TPSA) is 20.3 Å². The molecule has 0 bridgehead atoms. The van der Waals surface area contributed by atoms with Gasteiger partial charge in [0, 0.05) is 16.8 Å². The van der Waals surface area contributed by atoms with Crippen LogP contribution in [0.1, 0.15) is 31.7 Å². The minimum absolute atomic E-state index is 0.0411. The highest BCUT2D eigenvalue weighted by atomic mass is 35.5. The summed E-state index contributed by atoms with van der Waals surface area (Å²) >= 11 is 7.57. The summed E-state index contributed by atoms with van der Waals surface area (Å²) in [5.74, 6) is 0.0411. The fraction of sp³-hybridized carbons (Fsp3) is 0.583. The predicted molar refractivity (Wildman–Crippen MR) is 67.9 cm³/mol. The van der Waals surface area contributed by atoms with Crippen LogP contribution in [0.3, 0.4) is 0 Å². The molecule has 1 aromatic rings. The Morgan fingerprint density at radius 3 is 2.81 bits per heavy atom. The van der Waals surface area contributed by atoms with Crippen LogP contribution in [-0.2, 0) is 4.79 Å². The molecule has 2 atom stereocenters. The van der Waals surface area contributed by atoms with E-state index in [1.165, 1.54) is 4.88 Å². The molecule has 0 saturated carbocycles. The van der Waals surface area contributed by atoms with Gasteiger partial charge in [-0.25, -0.2) is 0 Å². The van der Waals surface area contributed by atoms with Crippen LogP contribution in [0, 0.1) is 5.41 Å². The van der Waals surface area contributed by atoms with Crippen molar-refractivity contribution < 1.29 is 4.79 Å². The van der Waals surface area contributed by atoms with E-state index in [2.05, 4.69) is 25.3 Å². The molecule has 0 N–H and O–H groups in total. The Balaban J connectivity index is 2.22. The van der Waals surface area contributed by atoms with E-state index in [1.807, 2.05) is 11.0 Å². The van der Waals surface area contributed by atoms with Crippen LogP contribution in [-0.4, -0.2) is 22.7 Å². The molecule has 1 aliphatic heterocycles. The van der Waals surface area contributed by atoms with Crippen LogP contribution in [0.25, 0.3) is 0 Å². The second-order valence-electron chi connectivity index (χ2n) is 4.99. The molecular formula is C12H16ClNOS. The van der Waals surface area contributed by atoms with Gasteiger partial charge in [0.1, 0.15) is 5.38 Å². The second kappa shape index (κ2) is 4.04. The van der Waals surface area contributed by atoms with Gasteiger partial charge in [0.15, 0.2) is 0 Å². The normalized spacial score (nSPS) is 25.0. The molecule has 0 spiro atoms. The number of nitrogens with zero attached hydrogens (tertiary/aromatic N) is 1. The summed E-state index contributed by atoms with van der Waals surface area (Å²) < 4.78 is 0. The van der Waals surface area contributed by atoms with Crippen LogP contribution in [0.5, 0.6) is 0 Å². The highest BCUT2D eigenvalue weighted by molar-refractivity contribution is 7.10. The maximum atomic E-state index is 11.9. The third kappa shape index (κ3) is 1.87. The monoisotopic (exact) mass is 257 g/mol. The third-order valence-corrected chi connectivity index (χ3v) is 4.18. The van der Waals surface area contributed by atoms with Crippen molar-refractivity contribution in [2.45, 2.75) is 32.2 Å². The molecule has 2 heterocycles. The van der Waals surface area contributed by atoms with E-state index in [0.29, 0.717) is 0 Å². The van der Waals surface area contributed by atoms with Crippen molar-refractivity contribution in [1.29, 1.82) is 0 Å². The van der Waals surface area contributed by atoms with Crippen LogP contribution >= 0.6 is 22.9 Å². The average Bonchev–Trinajstić information content (AvgIpc) is 2.66. The first-order valence-corrected chi connectivity index (χ1v) is 6.73. The number of alkyl halides is 1. The molecule has 1 fully saturated rings. The zero-order valence-corrected chi connectivity index (χ0v) is 11.3. The van der Waals surface area contributed by atoms with Gasteiger partial charge in [-0.15, -0.1) is 22.9 Å². The number of hydrogen-bond donors (Lipinski definition) is 0. The molecule has 2 unspecified atom stereocenters. The van der Waals surface area contributed by atoms with Gasteiger partial charge in [0.25, 0.3) is 0 Å². The molecule has 1 aromatic heterocycles. The first-order chi connectivity index (χ1) is 7.43. The lowest BCUT2D eigenvalue weighted by Gasteiger charge is -2.54. The summed E-state index contributed by atoms with van der Waals surface area (Å²) in [5, 5.41) is 1.62. The molecule has 1 saturated heterocycles. The van der Waals surface area contributed by atoms with Gasteiger partial charge >= 0.3 is 0 Å². The largest absolute Gasteiger partial charge is 0.332 e. The van der Waals surface area contributed by atoms with Gasteiger partial charge < -0.3 is 4.90 Å². The van der Waals surface area contributed by atoms with Crippen molar-refractivity contribution in [3.63, 3.8) is 0 Å². The Morgan fingerprint density at radius 2 is 2.38 bits per heavy atom. The molecular weight excluding hydrogens is 242 g/mol. The molecule has 1 amide bonds. The van der Waals surface area contributed by atoms with Gasteiger partial charge in [-0.3, -0.25) is 4.79 Å². The zero-order chi connectivity index (χ0) is 11.9. The zero-order valence-electron chi connectivity index (χ0n) is 9.74. The number of amides is 1. The van der Waals surface area contributed by atoms with Crippen LogP contribution in [0.4, 0.5) is 0 Å². The quantitative estimate of drug-likeness (QED) is 0.745. The first-order valence-electron chi connectivity index (χ1n) is 5.41. The van der Waals surface area contributed by atoms with E-state index < -0.39 is 5.38 Å². The van der Waals surface area contributed by atoms with E-state index in [1.54, 1.807) is 18.3 Å². The van der Waals surface area contributed by atoms with E-state index in [9.17, 15) is 4.79 Å². The molecule has 4 heteroatoms. The minimum Gasteiger partial charge on any atom is -0.332 e. The summed E-state index contributed by atoms with van der Waals surface area (Å²) in [6, 6.07) is 4.32. The molecule has 1 aliphatic rings. The predicted octanol–water partition coefficient (Wildman–Crippen LogP) is 3.28. The van der Waals surface area contributed by atoms with E-state index in [-0.39, 0.29) is 17.4 Å². The molecule has 0 aliphatic carbocycles. The van der Waals surface area contributed by atoms with Gasteiger partial charge in [-0.1, -0.05) is 19.9 Å². The highest BCUT2D eigenvalue weighted by Gasteiger charge is 2.49. The summed E-state index contributed by atoms with van der Waals surface area (Å²) in [7, 11) is 0. The Hall–Kier alpha value is -0.540. The molecule has 0 radical (unpaired) electrons. The number of likely N-dealkylation sites (tertiary alicyclic amines) is 1. The maximum absolute atomic E-state index is 11.9. The molecule has 88 valence electrons. The number of carbonyl (C=O) groups is 1. The Kier molecular flexibility index (Phi) is 3.01. The molecule has 2 rings (SSSR count). The number of halogens is 1. The van der Waals surface area contributed by atoms with Crippen LogP contribution in [0.2, 0.25) is 0 Å². The summed E-state index contributed by atoms with van der Waals surface area (Å²) in [4.78, 5) is 15.1. The Bertz CT molecular complexity index is 386. The minimum atomic E-state index is -0.432. The molecule has 16 heavy (non-hydrogen) atoms. The smallest absolute Gasteiger partial charge is 0.240 e. The van der Waals surface area contributed by atoms with Crippen molar-refractivity contribution in [1.82, 2.24) is 4.90 Å². The molecule has 2 nitrogen and oxygen atoms in total. The van der Waals surface area contributed by atoms with Gasteiger partial charge in [-0.05, 0) is 18.4 Å². The van der Waals surface area contributed by atoms with Crippen LogP contribution < -0.4 is 0 Å². The molecule has 0 aromatic carbocycles. The number of hydrogen-bond acceptors (Lipinski definition) is 2. The average molecular weight is 258 g/mol. The lowest BCUT2D eigenvalue weighted by molar-refractivity contribution is -0.151. The van der Waals surface area contributed by atoms with E-state index in [0.717, 1.165) is 6.54 Å². The number of carbonyl (C=O) groups excluding carboxylic acids is 1. The number of rotatable bonds is 2. The van der Waals surface area contributed by atoms with Crippen molar-refractivity contribution in [2.75, 3.05) is 6.54 Å². The lowest BCUT2D eigenvalue weighted by Crippen LogP contribution is -2.59. The van der Waals surface area contributed by atoms with Crippen molar-refractivity contribution in [3.8, 4) is 0 Å². The second-order valence-corrected chi connectivity index (χ2v) is 6.62. The lowest BCUT2D eigenvalue weighted by atomic mass is 9.74. The maximum Gasteiger partial charge on any atom is 0.240 e. The van der Waals surface area contributed by atoms with Crippen molar-refractivity contribution in [2.24, 2.45) is 5.41 Å². The van der Waals surface area contributed by atoms with Gasteiger partial charge in [-0.2, -0.15) is 0 Å². The SMILES string of the molecule is CC(Cl)C(=O)N1CC(C)(C)C1c1cccs1. The summed E-state index contributed by atoms with van der Waals surface area (Å²) in [6.45, 7) is 6.92. The first kappa shape index (κ1) is 11.9. The highest BCUT2D eigenvalue weighted by Crippen LogP contribution is 2.49. The summed E-state index contributed by atoms with van der Waals surface area (Å²) in [6.07, 6.45) is 0. The standard InChI is InChI=1S/C12H16ClNOS/c1-8(13)11(15)14-7-12(2,3)10(14)9-5-4-6-16-9/h4-6,8,10H,7H2,1-3H3. The van der Waals surface area contributed by atoms with Crippen molar-refractivity contribution >= 4 is 28.8 Å². The van der Waals surface area contributed by atoms with E-state index in [4.69, 9.17) is 11.6 Å². The van der Waals surface area contributed by atoms with Gasteiger partial charge in [0.2, 0.25) is 5.91 Å². The Morgan fingerprint density at radius 1 is 1.69 bits per heavy atom. The Labute approximate surface area is 105 Å². The van der Waals surface area contributed by atoms with Crippen LogP contribution in [0.15, 0.2) is 17.5 Å². The summed E-state index contributed by atoms with van der Waals surface area (Å²) in [5.41, 5.74) is 0.159.